The summed E-state index contributed by atoms with van der Waals surface area (Å²) in [5, 5.41) is 9.04. The molecule has 0 radical (unpaired) electrons. The van der Waals surface area contributed by atoms with Crippen LogP contribution in [0.3, 0.4) is 0 Å². The van der Waals surface area contributed by atoms with Gasteiger partial charge in [-0.05, 0) is 12.1 Å². The highest BCUT2D eigenvalue weighted by Gasteiger charge is 2.10. The van der Waals surface area contributed by atoms with E-state index in [9.17, 15) is 0 Å². The van der Waals surface area contributed by atoms with Gasteiger partial charge in [0.1, 0.15) is 5.82 Å². The highest BCUT2D eigenvalue weighted by Crippen LogP contribution is 2.16. The number of imidazole rings is 1. The van der Waals surface area contributed by atoms with Gasteiger partial charge in [0.05, 0.1) is 29.0 Å². The zero-order valence-corrected chi connectivity index (χ0v) is 9.57. The minimum absolute atomic E-state index is 0.0741. The summed E-state index contributed by atoms with van der Waals surface area (Å²) in [5.41, 5.74) is 7.43. The molecule has 1 heterocycles. The van der Waals surface area contributed by atoms with Gasteiger partial charge >= 0.3 is 0 Å². The van der Waals surface area contributed by atoms with Crippen molar-refractivity contribution in [3.05, 3.63) is 30.1 Å². The average molecular weight is 235 g/mol. The first kappa shape index (κ1) is 11.0. The average Bonchev–Trinajstić information content (AvgIpc) is 2.57. The van der Waals surface area contributed by atoms with E-state index in [4.69, 9.17) is 23.1 Å². The molecule has 2 aromatic rings. The van der Waals surface area contributed by atoms with Crippen molar-refractivity contribution in [1.82, 2.24) is 9.55 Å². The van der Waals surface area contributed by atoms with Gasteiger partial charge in [-0.25, -0.2) is 4.98 Å². The van der Waals surface area contributed by atoms with Crippen LogP contribution in [0.2, 0.25) is 0 Å². The van der Waals surface area contributed by atoms with E-state index in [2.05, 4.69) is 4.98 Å². The summed E-state index contributed by atoms with van der Waals surface area (Å²) in [6.45, 7) is 0.586. The zero-order chi connectivity index (χ0) is 11.5. The van der Waals surface area contributed by atoms with E-state index in [0.717, 1.165) is 16.9 Å². The predicted molar refractivity (Wildman–Crippen MR) is 67.3 cm³/mol. The van der Waals surface area contributed by atoms with E-state index in [-0.39, 0.29) is 6.61 Å². The Morgan fingerprint density at radius 3 is 2.88 bits per heavy atom. The van der Waals surface area contributed by atoms with E-state index in [1.807, 2.05) is 28.8 Å². The molecule has 0 aliphatic rings. The van der Waals surface area contributed by atoms with Crippen molar-refractivity contribution in [2.24, 2.45) is 5.73 Å². The van der Waals surface area contributed by atoms with Crippen molar-refractivity contribution in [1.29, 1.82) is 0 Å². The number of rotatable bonds is 4. The van der Waals surface area contributed by atoms with Gasteiger partial charge in [0.2, 0.25) is 0 Å². The fourth-order valence-corrected chi connectivity index (χ4v) is 1.89. The molecule has 0 unspecified atom stereocenters. The van der Waals surface area contributed by atoms with Crippen LogP contribution in [-0.2, 0) is 13.0 Å². The molecule has 1 aromatic carbocycles. The Kier molecular flexibility index (Phi) is 3.17. The van der Waals surface area contributed by atoms with Crippen molar-refractivity contribution >= 4 is 28.2 Å². The number of aromatic nitrogens is 2. The third kappa shape index (κ3) is 2.05. The molecule has 0 fully saturated rings. The first-order chi connectivity index (χ1) is 7.72. The number of nitrogens with two attached hydrogens (primary N) is 1. The summed E-state index contributed by atoms with van der Waals surface area (Å²) in [7, 11) is 0. The van der Waals surface area contributed by atoms with E-state index >= 15 is 0 Å². The Hall–Kier alpha value is -1.46. The SMILES string of the molecule is NC(=S)Cc1nc2ccccc2n1CCO. The second-order valence-corrected chi connectivity index (χ2v) is 4.06. The number of fused-ring (bicyclic) bond motifs is 1. The molecule has 0 bridgehead atoms. The van der Waals surface area contributed by atoms with E-state index in [1.54, 1.807) is 0 Å². The lowest BCUT2D eigenvalue weighted by molar-refractivity contribution is 0.276. The van der Waals surface area contributed by atoms with Crippen molar-refractivity contribution < 1.29 is 5.11 Å². The molecule has 2 rings (SSSR count). The van der Waals surface area contributed by atoms with Crippen LogP contribution in [0.25, 0.3) is 11.0 Å². The first-order valence-corrected chi connectivity index (χ1v) is 5.46. The minimum Gasteiger partial charge on any atom is -0.395 e. The fraction of sp³-hybridized carbons (Fsp3) is 0.273. The van der Waals surface area contributed by atoms with Crippen LogP contribution in [-0.4, -0.2) is 26.3 Å². The molecule has 0 aliphatic heterocycles. The quantitative estimate of drug-likeness (QED) is 0.771. The van der Waals surface area contributed by atoms with Crippen molar-refractivity contribution in [2.45, 2.75) is 13.0 Å². The lowest BCUT2D eigenvalue weighted by Crippen LogP contribution is -2.16. The molecule has 0 amide bonds. The lowest BCUT2D eigenvalue weighted by Gasteiger charge is -2.06. The third-order valence-corrected chi connectivity index (χ3v) is 2.53. The van der Waals surface area contributed by atoms with Crippen LogP contribution >= 0.6 is 12.2 Å². The number of hydrogen-bond donors (Lipinski definition) is 2. The van der Waals surface area contributed by atoms with Gasteiger partial charge in [-0.3, -0.25) is 0 Å². The van der Waals surface area contributed by atoms with Crippen molar-refractivity contribution in [3.8, 4) is 0 Å². The normalized spacial score (nSPS) is 10.8. The number of benzene rings is 1. The first-order valence-electron chi connectivity index (χ1n) is 5.05. The Morgan fingerprint density at radius 1 is 1.44 bits per heavy atom. The molecule has 4 nitrogen and oxygen atoms in total. The lowest BCUT2D eigenvalue weighted by atomic mass is 10.3. The maximum absolute atomic E-state index is 9.04. The highest BCUT2D eigenvalue weighted by atomic mass is 32.1. The molecule has 0 spiro atoms. The third-order valence-electron chi connectivity index (χ3n) is 2.39. The summed E-state index contributed by atoms with van der Waals surface area (Å²) in [6.07, 6.45) is 0.462. The van der Waals surface area contributed by atoms with Gasteiger partial charge in [-0.2, -0.15) is 0 Å². The van der Waals surface area contributed by atoms with E-state index in [1.165, 1.54) is 0 Å². The number of hydrogen-bond acceptors (Lipinski definition) is 3. The summed E-state index contributed by atoms with van der Waals surface area (Å²) in [5.74, 6) is 0.808. The van der Waals surface area contributed by atoms with E-state index in [0.29, 0.717) is 18.0 Å². The summed E-state index contributed by atoms with van der Waals surface area (Å²) >= 11 is 4.89. The summed E-state index contributed by atoms with van der Waals surface area (Å²) in [6, 6.07) is 7.79. The fourth-order valence-electron chi connectivity index (χ4n) is 1.77. The smallest absolute Gasteiger partial charge is 0.116 e. The standard InChI is InChI=1S/C11H13N3OS/c12-10(16)7-11-13-8-3-1-2-4-9(8)14(11)5-6-15/h1-4,15H,5-7H2,(H2,12,16). The largest absolute Gasteiger partial charge is 0.395 e. The minimum atomic E-state index is 0.0741. The second kappa shape index (κ2) is 4.59. The second-order valence-electron chi connectivity index (χ2n) is 3.54. The maximum Gasteiger partial charge on any atom is 0.116 e. The van der Waals surface area contributed by atoms with E-state index < -0.39 is 0 Å². The van der Waals surface area contributed by atoms with Crippen molar-refractivity contribution in [3.63, 3.8) is 0 Å². The molecule has 5 heteroatoms. The molecular weight excluding hydrogens is 222 g/mol. The van der Waals surface area contributed by atoms with Gasteiger partial charge in [0, 0.05) is 6.54 Å². The van der Waals surface area contributed by atoms with Gasteiger partial charge in [0.25, 0.3) is 0 Å². The molecule has 84 valence electrons. The predicted octanol–water partition coefficient (Wildman–Crippen LogP) is 0.857. The van der Waals surface area contributed by atoms with Crippen LogP contribution in [0, 0.1) is 0 Å². The topological polar surface area (TPSA) is 64.1 Å². The molecule has 0 atom stereocenters. The van der Waals surface area contributed by atoms with Gasteiger partial charge < -0.3 is 15.4 Å². The maximum atomic E-state index is 9.04. The van der Waals surface area contributed by atoms with Crippen molar-refractivity contribution in [2.75, 3.05) is 6.61 Å². The van der Waals surface area contributed by atoms with Crippen LogP contribution in [0.15, 0.2) is 24.3 Å². The molecule has 0 aliphatic carbocycles. The highest BCUT2D eigenvalue weighted by molar-refractivity contribution is 7.80. The van der Waals surface area contributed by atoms with Crippen LogP contribution in [0.4, 0.5) is 0 Å². The van der Waals surface area contributed by atoms with Gasteiger partial charge in [-0.15, -0.1) is 0 Å². The zero-order valence-electron chi connectivity index (χ0n) is 8.76. The molecule has 16 heavy (non-hydrogen) atoms. The van der Waals surface area contributed by atoms with Gasteiger partial charge in [0.15, 0.2) is 0 Å². The van der Waals surface area contributed by atoms with Crippen LogP contribution < -0.4 is 5.73 Å². The molecule has 1 aromatic heterocycles. The molecule has 0 saturated carbocycles. The summed E-state index contributed by atoms with van der Waals surface area (Å²) in [4.78, 5) is 4.87. The molecule has 0 saturated heterocycles. The number of aliphatic hydroxyl groups excluding tert-OH is 1. The van der Waals surface area contributed by atoms with Crippen LogP contribution in [0.1, 0.15) is 5.82 Å². The Morgan fingerprint density at radius 2 is 2.19 bits per heavy atom. The molecular formula is C11H13N3OS. The van der Waals surface area contributed by atoms with Crippen LogP contribution in [0.5, 0.6) is 0 Å². The Balaban J connectivity index is 2.53. The Labute approximate surface area is 98.7 Å². The molecule has 3 N–H and O–H groups in total. The number of aliphatic hydroxyl groups is 1. The monoisotopic (exact) mass is 235 g/mol. The number of para-hydroxylation sites is 2. The number of thiocarbonyl (C=S) groups is 1. The Bertz CT molecular complexity index is 521. The van der Waals surface area contributed by atoms with Gasteiger partial charge in [-0.1, -0.05) is 24.4 Å². The summed E-state index contributed by atoms with van der Waals surface area (Å²) < 4.78 is 1.95. The number of nitrogens with zero attached hydrogens (tertiary/aromatic N) is 2.